The fourth-order valence-corrected chi connectivity index (χ4v) is 6.34. The maximum Gasteiger partial charge on any atom is 0.417 e. The second-order valence-corrected chi connectivity index (χ2v) is 10.5. The van der Waals surface area contributed by atoms with Gasteiger partial charge in [0.25, 0.3) is 0 Å². The number of rotatable bonds is 4. The van der Waals surface area contributed by atoms with E-state index in [0.717, 1.165) is 35.0 Å². The SMILES string of the molecule is FC(F)(F)c1cc(N2C[C@@H]3C[C@H]2CN3)ccc1-c1ccnc2c(-c3cccc4[nH]ncc34)c(-c3ccncc3)nn12. The van der Waals surface area contributed by atoms with E-state index >= 15 is 0 Å². The first-order valence-electron chi connectivity index (χ1n) is 13.4. The summed E-state index contributed by atoms with van der Waals surface area (Å²) in [5, 5.41) is 16.3. The summed E-state index contributed by atoms with van der Waals surface area (Å²) in [6.45, 7) is 1.49. The number of piperazine rings is 1. The van der Waals surface area contributed by atoms with E-state index in [-0.39, 0.29) is 11.6 Å². The van der Waals surface area contributed by atoms with Crippen LogP contribution in [-0.2, 0) is 6.18 Å². The molecule has 6 heterocycles. The normalized spacial score (nSPS) is 18.7. The van der Waals surface area contributed by atoms with Crippen LogP contribution in [0.5, 0.6) is 0 Å². The van der Waals surface area contributed by atoms with Crippen molar-refractivity contribution >= 4 is 22.2 Å². The van der Waals surface area contributed by atoms with Gasteiger partial charge in [-0.15, -0.1) is 0 Å². The van der Waals surface area contributed by atoms with E-state index in [1.165, 1.54) is 10.6 Å². The van der Waals surface area contributed by atoms with Crippen LogP contribution in [0.3, 0.4) is 0 Å². The molecule has 41 heavy (non-hydrogen) atoms. The van der Waals surface area contributed by atoms with Gasteiger partial charge in [0.15, 0.2) is 5.65 Å². The first-order chi connectivity index (χ1) is 20.0. The van der Waals surface area contributed by atoms with Gasteiger partial charge in [-0.05, 0) is 48.4 Å². The molecule has 0 aliphatic carbocycles. The van der Waals surface area contributed by atoms with E-state index in [9.17, 15) is 13.2 Å². The summed E-state index contributed by atoms with van der Waals surface area (Å²) in [5.74, 6) is 0. The number of hydrogen-bond acceptors (Lipinski definition) is 6. The van der Waals surface area contributed by atoms with Gasteiger partial charge < -0.3 is 10.2 Å². The highest BCUT2D eigenvalue weighted by Gasteiger charge is 2.40. The van der Waals surface area contributed by atoms with Gasteiger partial charge in [0.05, 0.1) is 28.5 Å². The number of hydrogen-bond donors (Lipinski definition) is 2. The smallest absolute Gasteiger partial charge is 0.366 e. The number of alkyl halides is 3. The Morgan fingerprint density at radius 2 is 1.83 bits per heavy atom. The molecule has 0 saturated carbocycles. The molecule has 2 N–H and O–H groups in total. The lowest BCUT2D eigenvalue weighted by Crippen LogP contribution is -2.43. The third-order valence-electron chi connectivity index (χ3n) is 8.20. The van der Waals surface area contributed by atoms with E-state index in [4.69, 9.17) is 5.10 Å². The van der Waals surface area contributed by atoms with Crippen LogP contribution in [0.15, 0.2) is 79.4 Å². The number of nitrogens with one attached hydrogen (secondary N) is 2. The molecular formula is C30H23F3N8. The lowest BCUT2D eigenvalue weighted by Gasteiger charge is -2.30. The summed E-state index contributed by atoms with van der Waals surface area (Å²) in [5.41, 5.74) is 4.42. The zero-order valence-corrected chi connectivity index (χ0v) is 21.6. The fraction of sp³-hybridized carbons (Fsp3) is 0.200. The quantitative estimate of drug-likeness (QED) is 0.297. The lowest BCUT2D eigenvalue weighted by atomic mass is 9.98. The fourth-order valence-electron chi connectivity index (χ4n) is 6.34. The van der Waals surface area contributed by atoms with Crippen LogP contribution in [0.4, 0.5) is 18.9 Å². The Bertz CT molecular complexity index is 1930. The Kier molecular flexibility index (Phi) is 5.20. The molecule has 204 valence electrons. The van der Waals surface area contributed by atoms with Gasteiger partial charge in [-0.25, -0.2) is 9.50 Å². The molecule has 2 aliphatic heterocycles. The molecule has 8 rings (SSSR count). The summed E-state index contributed by atoms with van der Waals surface area (Å²) in [6.07, 6.45) is 2.99. The third kappa shape index (κ3) is 3.80. The van der Waals surface area contributed by atoms with Crippen molar-refractivity contribution in [2.75, 3.05) is 18.0 Å². The minimum atomic E-state index is -4.57. The number of benzene rings is 2. The van der Waals surface area contributed by atoms with Crippen LogP contribution in [0, 0.1) is 0 Å². The van der Waals surface area contributed by atoms with Gasteiger partial charge in [-0.1, -0.05) is 18.2 Å². The maximum atomic E-state index is 14.6. The number of H-pyrrole nitrogens is 1. The van der Waals surface area contributed by atoms with Crippen LogP contribution in [-0.4, -0.2) is 55.0 Å². The zero-order chi connectivity index (χ0) is 27.7. The van der Waals surface area contributed by atoms with Crippen LogP contribution in [0.1, 0.15) is 12.0 Å². The van der Waals surface area contributed by atoms with Gasteiger partial charge in [-0.2, -0.15) is 23.4 Å². The second kappa shape index (κ2) is 8.87. The van der Waals surface area contributed by atoms with Crippen molar-refractivity contribution in [3.8, 4) is 33.6 Å². The lowest BCUT2D eigenvalue weighted by molar-refractivity contribution is -0.137. The minimum absolute atomic E-state index is 0.0491. The van der Waals surface area contributed by atoms with E-state index < -0.39 is 11.7 Å². The average molecular weight is 553 g/mol. The van der Waals surface area contributed by atoms with Gasteiger partial charge in [-0.3, -0.25) is 10.1 Å². The summed E-state index contributed by atoms with van der Waals surface area (Å²) in [4.78, 5) is 10.9. The average Bonchev–Trinajstić information content (AvgIpc) is 3.80. The molecule has 2 atom stereocenters. The van der Waals surface area contributed by atoms with Crippen LogP contribution < -0.4 is 10.2 Å². The minimum Gasteiger partial charge on any atom is -0.366 e. The summed E-state index contributed by atoms with van der Waals surface area (Å²) >= 11 is 0. The molecule has 0 radical (unpaired) electrons. The van der Waals surface area contributed by atoms with Crippen molar-refractivity contribution < 1.29 is 13.2 Å². The first kappa shape index (κ1) is 24.1. The van der Waals surface area contributed by atoms with Crippen molar-refractivity contribution in [2.24, 2.45) is 0 Å². The van der Waals surface area contributed by atoms with Crippen LogP contribution in [0.2, 0.25) is 0 Å². The Morgan fingerprint density at radius 1 is 0.951 bits per heavy atom. The number of halogens is 3. The molecule has 8 nitrogen and oxygen atoms in total. The van der Waals surface area contributed by atoms with Gasteiger partial charge in [0.2, 0.25) is 0 Å². The topological polar surface area (TPSA) is 87.0 Å². The molecule has 2 aliphatic rings. The number of aromatic nitrogens is 6. The number of anilines is 1. The van der Waals surface area contributed by atoms with E-state index in [1.807, 2.05) is 30.3 Å². The van der Waals surface area contributed by atoms with Crippen LogP contribution >= 0.6 is 0 Å². The van der Waals surface area contributed by atoms with Crippen molar-refractivity contribution in [3.63, 3.8) is 0 Å². The van der Waals surface area contributed by atoms with E-state index in [0.29, 0.717) is 40.9 Å². The van der Waals surface area contributed by atoms with Crippen molar-refractivity contribution in [1.29, 1.82) is 0 Å². The summed E-state index contributed by atoms with van der Waals surface area (Å²) < 4.78 is 45.5. The predicted molar refractivity (Wildman–Crippen MR) is 149 cm³/mol. The van der Waals surface area contributed by atoms with E-state index in [1.54, 1.807) is 43.0 Å². The zero-order valence-electron chi connectivity index (χ0n) is 21.6. The molecule has 11 heteroatoms. The summed E-state index contributed by atoms with van der Waals surface area (Å²) in [6, 6.07) is 16.2. The van der Waals surface area contributed by atoms with Crippen molar-refractivity contribution in [3.05, 3.63) is 84.9 Å². The molecule has 0 spiro atoms. The molecule has 2 aromatic carbocycles. The highest BCUT2D eigenvalue weighted by Crippen LogP contribution is 2.43. The maximum absolute atomic E-state index is 14.6. The molecule has 2 fully saturated rings. The summed E-state index contributed by atoms with van der Waals surface area (Å²) in [7, 11) is 0. The van der Waals surface area contributed by atoms with Gasteiger partial charge >= 0.3 is 6.18 Å². The molecule has 2 bridgehead atoms. The van der Waals surface area contributed by atoms with Crippen molar-refractivity contribution in [1.82, 2.24) is 35.1 Å². The van der Waals surface area contributed by atoms with Gasteiger partial charge in [0, 0.05) is 66.0 Å². The number of aromatic amines is 1. The van der Waals surface area contributed by atoms with Gasteiger partial charge in [0.1, 0.15) is 5.69 Å². The molecule has 6 aromatic rings. The van der Waals surface area contributed by atoms with Crippen molar-refractivity contribution in [2.45, 2.75) is 24.7 Å². The molecule has 0 amide bonds. The highest BCUT2D eigenvalue weighted by molar-refractivity contribution is 6.03. The number of nitrogens with zero attached hydrogens (tertiary/aromatic N) is 6. The second-order valence-electron chi connectivity index (χ2n) is 10.5. The number of fused-ring (bicyclic) bond motifs is 4. The third-order valence-corrected chi connectivity index (χ3v) is 8.20. The molecular weight excluding hydrogens is 529 g/mol. The largest absolute Gasteiger partial charge is 0.417 e. The predicted octanol–water partition coefficient (Wildman–Crippen LogP) is 5.57. The molecule has 0 unspecified atom stereocenters. The Hall–Kier alpha value is -4.77. The Morgan fingerprint density at radius 3 is 2.61 bits per heavy atom. The Labute approximate surface area is 231 Å². The van der Waals surface area contributed by atoms with Crippen LogP contribution in [0.25, 0.3) is 50.2 Å². The first-order valence-corrected chi connectivity index (χ1v) is 13.4. The standard InChI is InChI=1S/C30H23F3N8/c31-30(32,33)24-13-19(40-16-18-12-20(40)14-36-18)4-5-22(24)26-8-11-35-29-27(21-2-1-3-25-23(21)15-37-38-25)28(39-41(26)29)17-6-9-34-10-7-17/h1-11,13,15,18,20,36H,12,14,16H2,(H,37,38)/t18-,20-/m0/s1. The molecule has 4 aromatic heterocycles. The number of pyridine rings is 1. The Balaban J connectivity index is 1.37. The monoisotopic (exact) mass is 552 g/mol. The highest BCUT2D eigenvalue weighted by atomic mass is 19.4. The molecule has 2 saturated heterocycles. The van der Waals surface area contributed by atoms with E-state index in [2.05, 4.69) is 30.4 Å².